The molecule has 2 saturated heterocycles. The smallest absolute Gasteiger partial charge is 0.124 e. The van der Waals surface area contributed by atoms with E-state index in [4.69, 9.17) is 4.74 Å². The highest BCUT2D eigenvalue weighted by atomic mass is 16.5. The molecule has 3 heterocycles. The van der Waals surface area contributed by atoms with Gasteiger partial charge in [0.05, 0.1) is 6.04 Å². The van der Waals surface area contributed by atoms with E-state index in [0.717, 1.165) is 30.5 Å². The maximum Gasteiger partial charge on any atom is 0.124 e. The van der Waals surface area contributed by atoms with Gasteiger partial charge in [-0.25, -0.2) is 0 Å². The molecule has 3 nitrogen and oxygen atoms in total. The fourth-order valence-electron chi connectivity index (χ4n) is 4.63. The number of para-hydroxylation sites is 1. The Morgan fingerprint density at radius 2 is 1.95 bits per heavy atom. The van der Waals surface area contributed by atoms with E-state index < -0.39 is 0 Å². The minimum absolute atomic E-state index is 0.492. The van der Waals surface area contributed by atoms with Crippen molar-refractivity contribution >= 4 is 0 Å². The van der Waals surface area contributed by atoms with Crippen LogP contribution in [0.2, 0.25) is 0 Å². The van der Waals surface area contributed by atoms with E-state index in [1.165, 1.54) is 44.2 Å². The molecule has 1 N–H and O–H groups in total. The second-order valence-corrected chi connectivity index (χ2v) is 6.82. The molecule has 2 fully saturated rings. The van der Waals surface area contributed by atoms with Crippen molar-refractivity contribution in [3.63, 3.8) is 0 Å². The molecule has 0 amide bonds. The third-order valence-electron chi connectivity index (χ3n) is 5.51. The molecule has 2 bridgehead atoms. The predicted molar refractivity (Wildman–Crippen MR) is 84.6 cm³/mol. The van der Waals surface area contributed by atoms with Gasteiger partial charge in [-0.2, -0.15) is 0 Å². The van der Waals surface area contributed by atoms with Gasteiger partial charge < -0.3 is 10.1 Å². The molecule has 3 aliphatic rings. The quantitative estimate of drug-likeness (QED) is 0.920. The number of rotatable bonds is 4. The third-order valence-corrected chi connectivity index (χ3v) is 5.51. The molecule has 3 heteroatoms. The summed E-state index contributed by atoms with van der Waals surface area (Å²) in [7, 11) is 0. The third kappa shape index (κ3) is 2.36. The Balaban J connectivity index is 1.51. The van der Waals surface area contributed by atoms with Gasteiger partial charge in [-0.3, -0.25) is 4.90 Å². The van der Waals surface area contributed by atoms with Gasteiger partial charge in [0.1, 0.15) is 12.4 Å². The van der Waals surface area contributed by atoms with Gasteiger partial charge in [-0.05, 0) is 44.7 Å². The van der Waals surface area contributed by atoms with Crippen LogP contribution in [0.25, 0.3) is 0 Å². The standard InChI is InChI=1S/C18H26N2O/c1-2-9-19-13-10-14-7-8-15(11-13)20(14)17-12-21-18-6-4-3-5-16(17)18/h3-6,13-15,17,19H,2,7-12H2,1H3. The Morgan fingerprint density at radius 1 is 1.19 bits per heavy atom. The van der Waals surface area contributed by atoms with E-state index in [1.54, 1.807) is 0 Å². The van der Waals surface area contributed by atoms with Crippen LogP contribution < -0.4 is 10.1 Å². The average molecular weight is 286 g/mol. The first-order valence-electron chi connectivity index (χ1n) is 8.59. The molecular formula is C18H26N2O. The second-order valence-electron chi connectivity index (χ2n) is 6.82. The molecule has 3 aliphatic heterocycles. The van der Waals surface area contributed by atoms with Crippen molar-refractivity contribution in [3.05, 3.63) is 29.8 Å². The van der Waals surface area contributed by atoms with E-state index in [1.807, 2.05) is 0 Å². The summed E-state index contributed by atoms with van der Waals surface area (Å²) >= 11 is 0. The molecule has 3 atom stereocenters. The van der Waals surface area contributed by atoms with Crippen LogP contribution in [0.3, 0.4) is 0 Å². The number of ether oxygens (including phenoxy) is 1. The zero-order valence-corrected chi connectivity index (χ0v) is 12.9. The van der Waals surface area contributed by atoms with Gasteiger partial charge in [0.25, 0.3) is 0 Å². The molecule has 1 aromatic carbocycles. The first-order valence-corrected chi connectivity index (χ1v) is 8.59. The minimum Gasteiger partial charge on any atom is -0.491 e. The zero-order valence-electron chi connectivity index (χ0n) is 12.9. The minimum atomic E-state index is 0.492. The molecule has 114 valence electrons. The first kappa shape index (κ1) is 13.6. The summed E-state index contributed by atoms with van der Waals surface area (Å²) < 4.78 is 5.92. The lowest BCUT2D eigenvalue weighted by Gasteiger charge is -2.42. The van der Waals surface area contributed by atoms with Crippen molar-refractivity contribution in [1.29, 1.82) is 0 Å². The molecule has 4 rings (SSSR count). The number of benzene rings is 1. The summed E-state index contributed by atoms with van der Waals surface area (Å²) in [6, 6.07) is 11.3. The van der Waals surface area contributed by atoms with Gasteiger partial charge >= 0.3 is 0 Å². The van der Waals surface area contributed by atoms with Crippen LogP contribution in [0.15, 0.2) is 24.3 Å². The fraction of sp³-hybridized carbons (Fsp3) is 0.667. The van der Waals surface area contributed by atoms with Crippen LogP contribution in [0.5, 0.6) is 5.75 Å². The molecule has 3 unspecified atom stereocenters. The molecule has 0 spiro atoms. The molecule has 0 aliphatic carbocycles. The van der Waals surface area contributed by atoms with Gasteiger partial charge in [0.2, 0.25) is 0 Å². The SMILES string of the molecule is CCCNC1CC2CCC(C1)N2C1COc2ccccc21. The van der Waals surface area contributed by atoms with Crippen LogP contribution in [0.4, 0.5) is 0 Å². The van der Waals surface area contributed by atoms with E-state index in [-0.39, 0.29) is 0 Å². The molecule has 0 aromatic heterocycles. The summed E-state index contributed by atoms with van der Waals surface area (Å²) in [6.45, 7) is 4.27. The van der Waals surface area contributed by atoms with E-state index in [0.29, 0.717) is 6.04 Å². The maximum absolute atomic E-state index is 5.92. The summed E-state index contributed by atoms with van der Waals surface area (Å²) in [5.74, 6) is 1.10. The van der Waals surface area contributed by atoms with E-state index >= 15 is 0 Å². The summed E-state index contributed by atoms with van der Waals surface area (Å²) in [4.78, 5) is 2.79. The normalized spacial score (nSPS) is 34.7. The van der Waals surface area contributed by atoms with Crippen molar-refractivity contribution in [2.45, 2.75) is 63.2 Å². The molecule has 0 saturated carbocycles. The average Bonchev–Trinajstić information content (AvgIpc) is 3.03. The van der Waals surface area contributed by atoms with Crippen LogP contribution in [0.1, 0.15) is 50.6 Å². The topological polar surface area (TPSA) is 24.5 Å². The number of fused-ring (bicyclic) bond motifs is 3. The lowest BCUT2D eigenvalue weighted by atomic mass is 9.93. The summed E-state index contributed by atoms with van der Waals surface area (Å²) in [5.41, 5.74) is 1.41. The fourth-order valence-corrected chi connectivity index (χ4v) is 4.63. The number of hydrogen-bond donors (Lipinski definition) is 1. The first-order chi connectivity index (χ1) is 10.4. The Hall–Kier alpha value is -1.06. The van der Waals surface area contributed by atoms with E-state index in [9.17, 15) is 0 Å². The van der Waals surface area contributed by atoms with Gasteiger partial charge in [-0.1, -0.05) is 25.1 Å². The highest BCUT2D eigenvalue weighted by Gasteiger charge is 2.46. The Bertz CT molecular complexity index is 490. The lowest BCUT2D eigenvalue weighted by Crippen LogP contribution is -2.50. The Kier molecular flexibility index (Phi) is 3.64. The second kappa shape index (κ2) is 5.62. The molecule has 21 heavy (non-hydrogen) atoms. The Morgan fingerprint density at radius 3 is 2.71 bits per heavy atom. The highest BCUT2D eigenvalue weighted by molar-refractivity contribution is 5.39. The van der Waals surface area contributed by atoms with Crippen molar-refractivity contribution < 1.29 is 4.74 Å². The molecule has 1 aromatic rings. The molecule has 0 radical (unpaired) electrons. The summed E-state index contributed by atoms with van der Waals surface area (Å²) in [6.07, 6.45) is 6.60. The molecular weight excluding hydrogens is 260 g/mol. The number of nitrogens with zero attached hydrogens (tertiary/aromatic N) is 1. The van der Waals surface area contributed by atoms with Gasteiger partial charge in [0.15, 0.2) is 0 Å². The van der Waals surface area contributed by atoms with Crippen molar-refractivity contribution in [2.24, 2.45) is 0 Å². The largest absolute Gasteiger partial charge is 0.491 e. The predicted octanol–water partition coefficient (Wildman–Crippen LogP) is 3.12. The summed E-state index contributed by atoms with van der Waals surface area (Å²) in [5, 5.41) is 3.74. The van der Waals surface area contributed by atoms with Crippen molar-refractivity contribution in [2.75, 3.05) is 13.2 Å². The van der Waals surface area contributed by atoms with Crippen LogP contribution in [0, 0.1) is 0 Å². The lowest BCUT2D eigenvalue weighted by molar-refractivity contribution is 0.0582. The Labute approximate surface area is 127 Å². The van der Waals surface area contributed by atoms with Gasteiger partial charge in [-0.15, -0.1) is 0 Å². The van der Waals surface area contributed by atoms with Crippen LogP contribution in [-0.4, -0.2) is 36.2 Å². The van der Waals surface area contributed by atoms with Crippen LogP contribution in [-0.2, 0) is 0 Å². The zero-order chi connectivity index (χ0) is 14.2. The maximum atomic E-state index is 5.92. The van der Waals surface area contributed by atoms with Gasteiger partial charge in [0, 0.05) is 23.7 Å². The van der Waals surface area contributed by atoms with E-state index in [2.05, 4.69) is 41.4 Å². The van der Waals surface area contributed by atoms with Crippen molar-refractivity contribution in [1.82, 2.24) is 10.2 Å². The number of hydrogen-bond acceptors (Lipinski definition) is 3. The van der Waals surface area contributed by atoms with Crippen molar-refractivity contribution in [3.8, 4) is 5.75 Å². The number of nitrogens with one attached hydrogen (secondary N) is 1. The number of piperidine rings is 1. The van der Waals surface area contributed by atoms with Crippen LogP contribution >= 0.6 is 0 Å². The monoisotopic (exact) mass is 286 g/mol. The highest BCUT2D eigenvalue weighted by Crippen LogP contribution is 2.45.